The highest BCUT2D eigenvalue weighted by Gasteiger charge is 2.44. The number of amides is 2. The fraction of sp³-hybridized carbons (Fsp3) is 0.632. The molecule has 0 radical (unpaired) electrons. The molecule has 2 fully saturated rings. The van der Waals surface area contributed by atoms with E-state index in [0.717, 1.165) is 25.9 Å². The van der Waals surface area contributed by atoms with Gasteiger partial charge in [0.1, 0.15) is 5.92 Å². The molecule has 1 saturated heterocycles. The molecule has 6 nitrogen and oxygen atoms in total. The van der Waals surface area contributed by atoms with Crippen molar-refractivity contribution < 1.29 is 18.4 Å². The highest BCUT2D eigenvalue weighted by Crippen LogP contribution is 2.37. The smallest absolute Gasteiger partial charge is 0.256 e. The van der Waals surface area contributed by atoms with E-state index >= 15 is 0 Å². The summed E-state index contributed by atoms with van der Waals surface area (Å²) in [5, 5.41) is 5.96. The van der Waals surface area contributed by atoms with E-state index in [1.165, 1.54) is 5.01 Å². The minimum atomic E-state index is -2.51. The molecule has 8 heteroatoms. The zero-order chi connectivity index (χ0) is 19.2. The van der Waals surface area contributed by atoms with E-state index in [1.54, 1.807) is 18.2 Å². The summed E-state index contributed by atoms with van der Waals surface area (Å²) in [4.78, 5) is 26.7. The van der Waals surface area contributed by atoms with Crippen molar-refractivity contribution >= 4 is 17.5 Å². The van der Waals surface area contributed by atoms with E-state index in [1.807, 2.05) is 0 Å². The zero-order valence-electron chi connectivity index (χ0n) is 15.1. The van der Waals surface area contributed by atoms with Gasteiger partial charge in [0.25, 0.3) is 5.91 Å². The van der Waals surface area contributed by atoms with Gasteiger partial charge in [-0.3, -0.25) is 9.59 Å². The summed E-state index contributed by atoms with van der Waals surface area (Å²) in [6, 6.07) is 0.181. The minimum Gasteiger partial charge on any atom is -0.366 e. The number of fused-ring (bicyclic) bond motifs is 1. The van der Waals surface area contributed by atoms with E-state index in [-0.39, 0.29) is 36.4 Å². The van der Waals surface area contributed by atoms with Gasteiger partial charge in [0.15, 0.2) is 0 Å². The van der Waals surface area contributed by atoms with Crippen LogP contribution in [0.15, 0.2) is 28.9 Å². The molecule has 1 atom stereocenters. The SMILES string of the molecule is NC(=O)C1=CC=CC2=NN(C3CCN(C4CCC(F)(F)CC4)CC3)C(=O)C12. The second-order valence-electron chi connectivity index (χ2n) is 7.84. The van der Waals surface area contributed by atoms with Crippen molar-refractivity contribution in [2.75, 3.05) is 13.1 Å². The van der Waals surface area contributed by atoms with Crippen LogP contribution in [0.1, 0.15) is 38.5 Å². The number of hydrazone groups is 1. The van der Waals surface area contributed by atoms with Crippen LogP contribution in [-0.4, -0.2) is 58.5 Å². The van der Waals surface area contributed by atoms with E-state index in [2.05, 4.69) is 10.0 Å². The number of rotatable bonds is 3. The number of hydrogen-bond acceptors (Lipinski definition) is 4. The molecule has 4 rings (SSSR count). The van der Waals surface area contributed by atoms with Crippen LogP contribution >= 0.6 is 0 Å². The first kappa shape index (κ1) is 18.3. The summed E-state index contributed by atoms with van der Waals surface area (Å²) in [7, 11) is 0. The van der Waals surface area contributed by atoms with Crippen LogP contribution in [0.3, 0.4) is 0 Å². The number of carbonyl (C=O) groups excluding carboxylic acids is 2. The zero-order valence-corrected chi connectivity index (χ0v) is 15.1. The molecule has 2 amide bonds. The van der Waals surface area contributed by atoms with Crippen LogP contribution in [0.2, 0.25) is 0 Å². The molecule has 0 aromatic heterocycles. The second-order valence-corrected chi connectivity index (χ2v) is 7.84. The fourth-order valence-electron chi connectivity index (χ4n) is 4.63. The van der Waals surface area contributed by atoms with E-state index in [9.17, 15) is 18.4 Å². The topological polar surface area (TPSA) is 79.0 Å². The Balaban J connectivity index is 1.38. The molecule has 2 heterocycles. The summed E-state index contributed by atoms with van der Waals surface area (Å²) in [6.45, 7) is 1.54. The van der Waals surface area contributed by atoms with Gasteiger partial charge in [0, 0.05) is 37.5 Å². The Morgan fingerprint density at radius 1 is 1.15 bits per heavy atom. The third-order valence-electron chi connectivity index (χ3n) is 6.18. The predicted molar refractivity (Wildman–Crippen MR) is 96.0 cm³/mol. The maximum absolute atomic E-state index is 13.4. The standard InChI is InChI=1S/C19H24F2N4O2/c20-19(21)8-4-12(5-9-19)24-10-6-13(7-11-24)25-18(27)16-14(17(22)26)2-1-3-15(16)23-25/h1-3,12-13,16H,4-11H2,(H2,22,26). The molecule has 2 N–H and O–H groups in total. The Morgan fingerprint density at radius 2 is 1.81 bits per heavy atom. The van der Waals surface area contributed by atoms with E-state index < -0.39 is 17.7 Å². The van der Waals surface area contributed by atoms with Crippen LogP contribution in [0.25, 0.3) is 0 Å². The first-order valence-corrected chi connectivity index (χ1v) is 9.57. The first-order valence-electron chi connectivity index (χ1n) is 9.57. The lowest BCUT2D eigenvalue weighted by atomic mass is 9.88. The Morgan fingerprint density at radius 3 is 2.44 bits per heavy atom. The van der Waals surface area contributed by atoms with Gasteiger partial charge < -0.3 is 10.6 Å². The number of halogens is 2. The Bertz CT molecular complexity index is 728. The summed E-state index contributed by atoms with van der Waals surface area (Å²) in [6.07, 6.45) is 7.50. The average Bonchev–Trinajstić information content (AvgIpc) is 2.99. The molecule has 0 aromatic carbocycles. The first-order chi connectivity index (χ1) is 12.9. The molecule has 2 aliphatic carbocycles. The molecule has 4 aliphatic rings. The molecule has 1 saturated carbocycles. The lowest BCUT2D eigenvalue weighted by Gasteiger charge is -2.41. The molecular formula is C19H24F2N4O2. The highest BCUT2D eigenvalue weighted by molar-refractivity contribution is 6.21. The lowest BCUT2D eigenvalue weighted by Crippen LogP contribution is -2.49. The minimum absolute atomic E-state index is 0.0283. The van der Waals surface area contributed by atoms with Crippen LogP contribution in [0.4, 0.5) is 8.78 Å². The van der Waals surface area contributed by atoms with Gasteiger partial charge in [-0.05, 0) is 31.8 Å². The summed E-state index contributed by atoms with van der Waals surface area (Å²) in [5.41, 5.74) is 6.25. The van der Waals surface area contributed by atoms with Crippen molar-refractivity contribution in [3.63, 3.8) is 0 Å². The second kappa shape index (κ2) is 6.82. The largest absolute Gasteiger partial charge is 0.366 e. The van der Waals surface area contributed by atoms with Crippen LogP contribution in [0.5, 0.6) is 0 Å². The molecule has 0 spiro atoms. The number of primary amides is 1. The van der Waals surface area contributed by atoms with Crippen LogP contribution in [-0.2, 0) is 9.59 Å². The maximum atomic E-state index is 13.4. The molecular weight excluding hydrogens is 354 g/mol. The van der Waals surface area contributed by atoms with Gasteiger partial charge in [0.2, 0.25) is 11.8 Å². The van der Waals surface area contributed by atoms with Crippen molar-refractivity contribution in [2.45, 2.75) is 56.5 Å². The quantitative estimate of drug-likeness (QED) is 0.814. The number of alkyl halides is 2. The van der Waals surface area contributed by atoms with Gasteiger partial charge in [-0.25, -0.2) is 13.8 Å². The number of allylic oxidation sites excluding steroid dienone is 3. The predicted octanol–water partition coefficient (Wildman–Crippen LogP) is 1.82. The summed E-state index contributed by atoms with van der Waals surface area (Å²) in [5.74, 6) is -4.00. The number of carbonyl (C=O) groups is 2. The lowest BCUT2D eigenvalue weighted by molar-refractivity contribution is -0.135. The molecule has 0 aromatic rings. The number of nitrogens with two attached hydrogens (primary N) is 1. The number of hydrogen-bond donors (Lipinski definition) is 1. The number of piperidine rings is 1. The normalized spacial score (nSPS) is 29.5. The van der Waals surface area contributed by atoms with Crippen molar-refractivity contribution in [2.24, 2.45) is 16.8 Å². The third kappa shape index (κ3) is 3.42. The van der Waals surface area contributed by atoms with E-state index in [0.29, 0.717) is 18.6 Å². The Labute approximate surface area is 156 Å². The van der Waals surface area contributed by atoms with Crippen molar-refractivity contribution in [1.82, 2.24) is 9.91 Å². The van der Waals surface area contributed by atoms with Gasteiger partial charge in [-0.1, -0.05) is 12.2 Å². The maximum Gasteiger partial charge on any atom is 0.256 e. The van der Waals surface area contributed by atoms with Gasteiger partial charge in [0.05, 0.1) is 11.8 Å². The van der Waals surface area contributed by atoms with Crippen molar-refractivity contribution in [3.05, 3.63) is 23.8 Å². The number of nitrogens with zero attached hydrogens (tertiary/aromatic N) is 3. The van der Waals surface area contributed by atoms with Crippen LogP contribution in [0, 0.1) is 5.92 Å². The van der Waals surface area contributed by atoms with Gasteiger partial charge in [-0.15, -0.1) is 0 Å². The fourth-order valence-corrected chi connectivity index (χ4v) is 4.63. The Kier molecular flexibility index (Phi) is 4.61. The van der Waals surface area contributed by atoms with E-state index in [4.69, 9.17) is 5.73 Å². The van der Waals surface area contributed by atoms with Crippen molar-refractivity contribution in [1.29, 1.82) is 0 Å². The molecule has 1 unspecified atom stereocenters. The average molecular weight is 378 g/mol. The monoisotopic (exact) mass is 378 g/mol. The summed E-state index contributed by atoms with van der Waals surface area (Å²) >= 11 is 0. The summed E-state index contributed by atoms with van der Waals surface area (Å²) < 4.78 is 26.7. The molecule has 2 aliphatic heterocycles. The van der Waals surface area contributed by atoms with Crippen molar-refractivity contribution in [3.8, 4) is 0 Å². The third-order valence-corrected chi connectivity index (χ3v) is 6.18. The number of likely N-dealkylation sites (tertiary alicyclic amines) is 1. The Hall–Kier alpha value is -2.09. The van der Waals surface area contributed by atoms with Crippen LogP contribution < -0.4 is 5.73 Å². The van der Waals surface area contributed by atoms with Gasteiger partial charge >= 0.3 is 0 Å². The molecule has 146 valence electrons. The highest BCUT2D eigenvalue weighted by atomic mass is 19.3. The molecule has 27 heavy (non-hydrogen) atoms. The van der Waals surface area contributed by atoms with Gasteiger partial charge in [-0.2, -0.15) is 5.10 Å². The molecule has 0 bridgehead atoms.